The lowest BCUT2D eigenvalue weighted by molar-refractivity contribution is 0.415. The molecule has 0 saturated heterocycles. The highest BCUT2D eigenvalue weighted by atomic mass is 32.1. The molecule has 0 aliphatic heterocycles. The van der Waals surface area contributed by atoms with E-state index in [1.54, 1.807) is 18.4 Å². The highest BCUT2D eigenvalue weighted by Crippen LogP contribution is 2.34. The topological polar surface area (TPSA) is 51.4 Å². The van der Waals surface area contributed by atoms with Crippen LogP contribution in [0.3, 0.4) is 0 Å². The maximum absolute atomic E-state index is 5.82. The van der Waals surface area contributed by atoms with Gasteiger partial charge in [0.1, 0.15) is 5.75 Å². The zero-order valence-corrected chi connectivity index (χ0v) is 11.6. The molecule has 0 radical (unpaired) electrons. The summed E-state index contributed by atoms with van der Waals surface area (Å²) in [6.45, 7) is 1.93. The first-order valence-corrected chi connectivity index (χ1v) is 6.59. The number of nitrogens with two attached hydrogens (primary N) is 1. The number of rotatable bonds is 4. The highest BCUT2D eigenvalue weighted by Gasteiger charge is 2.13. The molecule has 4 nitrogen and oxygen atoms in total. The number of benzene rings is 1. The normalized spacial score (nSPS) is 12.2. The molecule has 18 heavy (non-hydrogen) atoms. The van der Waals surface area contributed by atoms with E-state index in [1.165, 1.54) is 0 Å². The summed E-state index contributed by atoms with van der Waals surface area (Å²) in [7, 11) is 3.64. The second-order valence-corrected chi connectivity index (χ2v) is 4.91. The van der Waals surface area contributed by atoms with Crippen molar-refractivity contribution in [2.75, 3.05) is 19.1 Å². The molecule has 1 unspecified atom stereocenters. The zero-order valence-electron chi connectivity index (χ0n) is 10.8. The van der Waals surface area contributed by atoms with Crippen LogP contribution in [0, 0.1) is 0 Å². The van der Waals surface area contributed by atoms with Crippen LogP contribution < -0.4 is 15.4 Å². The zero-order chi connectivity index (χ0) is 13.1. The smallest absolute Gasteiger partial charge is 0.189 e. The predicted octanol–water partition coefficient (Wildman–Crippen LogP) is 2.94. The first-order valence-electron chi connectivity index (χ1n) is 5.71. The molecule has 1 aromatic carbocycles. The second kappa shape index (κ2) is 5.37. The van der Waals surface area contributed by atoms with Crippen molar-refractivity contribution >= 4 is 22.2 Å². The van der Waals surface area contributed by atoms with Gasteiger partial charge in [-0.25, -0.2) is 4.98 Å². The number of aromatic nitrogens is 1. The third-order valence-corrected chi connectivity index (χ3v) is 3.65. The van der Waals surface area contributed by atoms with E-state index in [9.17, 15) is 0 Å². The van der Waals surface area contributed by atoms with Crippen molar-refractivity contribution in [1.82, 2.24) is 4.98 Å². The standard InChI is InChI=1S/C13H17N3OS/c1-9(14)10-8-18-13(15-10)16(2)11-6-4-5-7-12(11)17-3/h4-9H,14H2,1-3H3. The fourth-order valence-electron chi connectivity index (χ4n) is 1.65. The van der Waals surface area contributed by atoms with E-state index in [-0.39, 0.29) is 6.04 Å². The molecular formula is C13H17N3OS. The van der Waals surface area contributed by atoms with Gasteiger partial charge in [0.25, 0.3) is 0 Å². The summed E-state index contributed by atoms with van der Waals surface area (Å²) >= 11 is 1.58. The van der Waals surface area contributed by atoms with Crippen LogP contribution in [0.5, 0.6) is 5.75 Å². The number of ether oxygens (including phenoxy) is 1. The first-order chi connectivity index (χ1) is 8.63. The van der Waals surface area contributed by atoms with Crippen LogP contribution in [0.2, 0.25) is 0 Å². The van der Waals surface area contributed by atoms with Gasteiger partial charge in [0, 0.05) is 18.5 Å². The maximum Gasteiger partial charge on any atom is 0.189 e. The molecule has 0 saturated carbocycles. The quantitative estimate of drug-likeness (QED) is 0.921. The molecule has 1 aromatic heterocycles. The van der Waals surface area contributed by atoms with Gasteiger partial charge in [0.05, 0.1) is 18.5 Å². The van der Waals surface area contributed by atoms with Crippen LogP contribution in [0.15, 0.2) is 29.6 Å². The van der Waals surface area contributed by atoms with Gasteiger partial charge < -0.3 is 15.4 Å². The SMILES string of the molecule is COc1ccccc1N(C)c1nc(C(C)N)cs1. The lowest BCUT2D eigenvalue weighted by Gasteiger charge is -2.18. The van der Waals surface area contributed by atoms with E-state index >= 15 is 0 Å². The third kappa shape index (κ3) is 2.47. The first kappa shape index (κ1) is 12.9. The molecule has 1 heterocycles. The molecule has 0 fully saturated rings. The third-order valence-electron chi connectivity index (χ3n) is 2.71. The summed E-state index contributed by atoms with van der Waals surface area (Å²) in [5.74, 6) is 0.831. The van der Waals surface area contributed by atoms with Gasteiger partial charge in [-0.05, 0) is 19.1 Å². The van der Waals surface area contributed by atoms with Crippen molar-refractivity contribution in [3.05, 3.63) is 35.3 Å². The predicted molar refractivity (Wildman–Crippen MR) is 75.8 cm³/mol. The number of hydrogen-bond acceptors (Lipinski definition) is 5. The van der Waals surface area contributed by atoms with Crippen LogP contribution in [0.25, 0.3) is 0 Å². The van der Waals surface area contributed by atoms with E-state index in [1.807, 2.05) is 48.5 Å². The molecule has 0 bridgehead atoms. The fraction of sp³-hybridized carbons (Fsp3) is 0.308. The molecule has 2 rings (SSSR count). The van der Waals surface area contributed by atoms with Crippen LogP contribution in [-0.2, 0) is 0 Å². The van der Waals surface area contributed by atoms with Crippen molar-refractivity contribution < 1.29 is 4.74 Å². The van der Waals surface area contributed by atoms with Crippen LogP contribution >= 0.6 is 11.3 Å². The Kier molecular flexibility index (Phi) is 3.84. The molecule has 0 amide bonds. The largest absolute Gasteiger partial charge is 0.495 e. The van der Waals surface area contributed by atoms with Gasteiger partial charge in [-0.1, -0.05) is 12.1 Å². The van der Waals surface area contributed by atoms with Crippen molar-refractivity contribution in [3.63, 3.8) is 0 Å². The van der Waals surface area contributed by atoms with Gasteiger partial charge in [0.2, 0.25) is 0 Å². The summed E-state index contributed by atoms with van der Waals surface area (Å²) in [6.07, 6.45) is 0. The van der Waals surface area contributed by atoms with Crippen molar-refractivity contribution in [1.29, 1.82) is 0 Å². The van der Waals surface area contributed by atoms with E-state index in [2.05, 4.69) is 4.98 Å². The molecule has 0 aliphatic carbocycles. The fourth-order valence-corrected chi connectivity index (χ4v) is 2.56. The summed E-state index contributed by atoms with van der Waals surface area (Å²) in [5.41, 5.74) is 7.73. The van der Waals surface area contributed by atoms with E-state index in [0.29, 0.717) is 0 Å². The van der Waals surface area contributed by atoms with Gasteiger partial charge >= 0.3 is 0 Å². The molecule has 0 spiro atoms. The highest BCUT2D eigenvalue weighted by molar-refractivity contribution is 7.13. The number of anilines is 2. The lowest BCUT2D eigenvalue weighted by atomic mass is 10.3. The number of para-hydroxylation sites is 2. The van der Waals surface area contributed by atoms with E-state index < -0.39 is 0 Å². The Morgan fingerprint density at radius 3 is 2.72 bits per heavy atom. The molecule has 0 aliphatic rings. The minimum atomic E-state index is -0.0407. The molecule has 2 aromatic rings. The summed E-state index contributed by atoms with van der Waals surface area (Å²) in [4.78, 5) is 6.53. The Hall–Kier alpha value is -1.59. The lowest BCUT2D eigenvalue weighted by Crippen LogP contribution is -2.11. The summed E-state index contributed by atoms with van der Waals surface area (Å²) < 4.78 is 5.35. The minimum Gasteiger partial charge on any atom is -0.495 e. The average molecular weight is 263 g/mol. The number of methoxy groups -OCH3 is 1. The van der Waals surface area contributed by atoms with Crippen LogP contribution in [-0.4, -0.2) is 19.1 Å². The van der Waals surface area contributed by atoms with Crippen molar-refractivity contribution in [2.45, 2.75) is 13.0 Å². The number of thiazole rings is 1. The monoisotopic (exact) mass is 263 g/mol. The van der Waals surface area contributed by atoms with E-state index in [0.717, 1.165) is 22.3 Å². The Labute approximate surface area is 111 Å². The van der Waals surface area contributed by atoms with Gasteiger partial charge in [-0.2, -0.15) is 0 Å². The van der Waals surface area contributed by atoms with Gasteiger partial charge in [0.15, 0.2) is 5.13 Å². The minimum absolute atomic E-state index is 0.0407. The molecule has 96 valence electrons. The number of hydrogen-bond donors (Lipinski definition) is 1. The van der Waals surface area contributed by atoms with Gasteiger partial charge in [-0.3, -0.25) is 0 Å². The molecule has 2 N–H and O–H groups in total. The Bertz CT molecular complexity index is 524. The van der Waals surface area contributed by atoms with Crippen LogP contribution in [0.4, 0.5) is 10.8 Å². The second-order valence-electron chi connectivity index (χ2n) is 4.07. The number of nitrogens with zero attached hydrogens (tertiary/aromatic N) is 2. The van der Waals surface area contributed by atoms with E-state index in [4.69, 9.17) is 10.5 Å². The molecular weight excluding hydrogens is 246 g/mol. The van der Waals surface area contributed by atoms with Crippen molar-refractivity contribution in [2.24, 2.45) is 5.73 Å². The van der Waals surface area contributed by atoms with Gasteiger partial charge in [-0.15, -0.1) is 11.3 Å². The molecule has 5 heteroatoms. The maximum atomic E-state index is 5.82. The summed E-state index contributed by atoms with van der Waals surface area (Å²) in [6, 6.07) is 7.83. The Balaban J connectivity index is 2.32. The van der Waals surface area contributed by atoms with Crippen LogP contribution in [0.1, 0.15) is 18.7 Å². The Morgan fingerprint density at radius 1 is 1.39 bits per heavy atom. The molecule has 1 atom stereocenters. The average Bonchev–Trinajstić information content (AvgIpc) is 2.87. The van der Waals surface area contributed by atoms with Crippen molar-refractivity contribution in [3.8, 4) is 5.75 Å². The summed E-state index contributed by atoms with van der Waals surface area (Å²) in [5, 5.41) is 2.90. The Morgan fingerprint density at radius 2 is 2.11 bits per heavy atom.